The minimum Gasteiger partial charge on any atom is -0.379 e. The van der Waals surface area contributed by atoms with Crippen LogP contribution in [0.15, 0.2) is 0 Å². The summed E-state index contributed by atoms with van der Waals surface area (Å²) in [7, 11) is 0. The van der Waals surface area contributed by atoms with E-state index in [2.05, 4.69) is 34.6 Å². The monoisotopic (exact) mass is 519 g/mol. The summed E-state index contributed by atoms with van der Waals surface area (Å²) in [5, 5.41) is 0. The third-order valence-electron chi connectivity index (χ3n) is 6.03. The van der Waals surface area contributed by atoms with Crippen molar-refractivity contribution >= 4 is 0 Å². The van der Waals surface area contributed by atoms with Gasteiger partial charge < -0.3 is 34.2 Å². The second kappa shape index (κ2) is 27.7. The topological polar surface area (TPSA) is 81.4 Å². The van der Waals surface area contributed by atoms with Gasteiger partial charge in [0.05, 0.1) is 13.2 Å². The number of hydrogen-bond donors (Lipinski definition) is 1. The lowest BCUT2D eigenvalue weighted by Gasteiger charge is -2.37. The summed E-state index contributed by atoms with van der Waals surface area (Å²) in [4.78, 5) is 0. The molecule has 0 aromatic carbocycles. The Morgan fingerprint density at radius 1 is 0.444 bits per heavy atom. The largest absolute Gasteiger partial charge is 0.379 e. The van der Waals surface area contributed by atoms with Gasteiger partial charge in [-0.1, -0.05) is 66.7 Å². The van der Waals surface area contributed by atoms with E-state index in [1.165, 1.54) is 0 Å². The van der Waals surface area contributed by atoms with Crippen LogP contribution in [0.3, 0.4) is 0 Å². The molecule has 36 heavy (non-hydrogen) atoms. The fraction of sp³-hybridized carbons (Fsp3) is 1.00. The molecule has 218 valence electrons. The van der Waals surface area contributed by atoms with E-state index in [0.29, 0.717) is 46.2 Å². The molecule has 0 aliphatic heterocycles. The summed E-state index contributed by atoms with van der Waals surface area (Å²) >= 11 is 0. The fourth-order valence-corrected chi connectivity index (χ4v) is 3.62. The first-order valence-corrected chi connectivity index (χ1v) is 15.0. The molecule has 0 bridgehead atoms. The van der Waals surface area contributed by atoms with Crippen LogP contribution in [0.5, 0.6) is 0 Å². The van der Waals surface area contributed by atoms with E-state index >= 15 is 0 Å². The number of ether oxygens (including phenoxy) is 6. The fourth-order valence-electron chi connectivity index (χ4n) is 3.62. The van der Waals surface area contributed by atoms with Gasteiger partial charge in [-0.05, 0) is 45.1 Å². The molecule has 0 aliphatic rings. The van der Waals surface area contributed by atoms with Crippen LogP contribution in [-0.4, -0.2) is 83.8 Å². The molecule has 7 heteroatoms. The van der Waals surface area contributed by atoms with Crippen LogP contribution in [0.2, 0.25) is 0 Å². The molecule has 0 heterocycles. The van der Waals surface area contributed by atoms with Crippen molar-refractivity contribution in [2.24, 2.45) is 5.73 Å². The molecule has 0 spiro atoms. The third-order valence-corrected chi connectivity index (χ3v) is 6.03. The molecule has 2 N–H and O–H groups in total. The highest BCUT2D eigenvalue weighted by Crippen LogP contribution is 2.21. The Hall–Kier alpha value is -0.280. The van der Waals surface area contributed by atoms with E-state index in [-0.39, 0.29) is 24.4 Å². The highest BCUT2D eigenvalue weighted by atomic mass is 16.6. The smallest absolute Gasteiger partial charge is 0.115 e. The summed E-state index contributed by atoms with van der Waals surface area (Å²) in [5.74, 6) is 0. The lowest BCUT2D eigenvalue weighted by molar-refractivity contribution is -0.197. The molecule has 4 unspecified atom stereocenters. The maximum absolute atomic E-state index is 6.54. The molecule has 7 nitrogen and oxygen atoms in total. The summed E-state index contributed by atoms with van der Waals surface area (Å²) in [5.41, 5.74) is 5.80. The van der Waals surface area contributed by atoms with Gasteiger partial charge in [-0.3, -0.25) is 0 Å². The molecule has 0 aliphatic carbocycles. The Balaban J connectivity index is 5.87. The Labute approximate surface area is 223 Å². The van der Waals surface area contributed by atoms with Crippen LogP contribution in [0.4, 0.5) is 0 Å². The van der Waals surface area contributed by atoms with Crippen LogP contribution >= 0.6 is 0 Å². The van der Waals surface area contributed by atoms with E-state index < -0.39 is 0 Å². The Morgan fingerprint density at radius 2 is 0.778 bits per heavy atom. The average molecular weight is 520 g/mol. The molecule has 0 amide bonds. The van der Waals surface area contributed by atoms with E-state index in [0.717, 1.165) is 83.8 Å². The summed E-state index contributed by atoms with van der Waals surface area (Å²) < 4.78 is 38.0. The zero-order valence-electron chi connectivity index (χ0n) is 24.5. The predicted molar refractivity (Wildman–Crippen MR) is 149 cm³/mol. The first kappa shape index (κ1) is 35.7. The van der Waals surface area contributed by atoms with Gasteiger partial charge >= 0.3 is 0 Å². The lowest BCUT2D eigenvalue weighted by atomic mass is 10.0. The second-order valence-corrected chi connectivity index (χ2v) is 9.55. The molecular formula is C29H61NO6. The lowest BCUT2D eigenvalue weighted by Crippen LogP contribution is -2.53. The van der Waals surface area contributed by atoms with Gasteiger partial charge in [-0.15, -0.1) is 0 Å². The summed E-state index contributed by atoms with van der Waals surface area (Å²) in [6.45, 7) is 16.4. The van der Waals surface area contributed by atoms with Crippen molar-refractivity contribution in [2.75, 3.05) is 59.4 Å². The highest BCUT2D eigenvalue weighted by molar-refractivity contribution is 4.87. The zero-order valence-corrected chi connectivity index (χ0v) is 24.5. The molecule has 0 saturated carbocycles. The molecule has 0 fully saturated rings. The maximum Gasteiger partial charge on any atom is 0.115 e. The molecule has 0 aromatic heterocycles. The van der Waals surface area contributed by atoms with Crippen molar-refractivity contribution in [1.82, 2.24) is 0 Å². The van der Waals surface area contributed by atoms with Crippen molar-refractivity contribution in [3.8, 4) is 0 Å². The first-order valence-electron chi connectivity index (χ1n) is 15.0. The number of unbranched alkanes of at least 4 members (excludes halogenated alkanes) is 5. The van der Waals surface area contributed by atoms with Crippen LogP contribution in [0.1, 0.15) is 105 Å². The molecular weight excluding hydrogens is 458 g/mol. The van der Waals surface area contributed by atoms with Gasteiger partial charge in [-0.2, -0.15) is 0 Å². The number of hydrogen-bond acceptors (Lipinski definition) is 7. The van der Waals surface area contributed by atoms with Gasteiger partial charge in [0.1, 0.15) is 24.4 Å². The molecule has 0 radical (unpaired) electrons. The van der Waals surface area contributed by atoms with Gasteiger partial charge in [0.25, 0.3) is 0 Å². The third kappa shape index (κ3) is 18.9. The van der Waals surface area contributed by atoms with Gasteiger partial charge in [0, 0.05) is 39.6 Å². The molecule has 4 atom stereocenters. The molecule has 0 aromatic rings. The minimum absolute atomic E-state index is 0.235. The zero-order chi connectivity index (χ0) is 26.7. The van der Waals surface area contributed by atoms with Crippen molar-refractivity contribution in [1.29, 1.82) is 0 Å². The van der Waals surface area contributed by atoms with Gasteiger partial charge in [0.2, 0.25) is 0 Å². The van der Waals surface area contributed by atoms with Crippen LogP contribution < -0.4 is 5.73 Å². The maximum atomic E-state index is 6.54. The van der Waals surface area contributed by atoms with Crippen molar-refractivity contribution in [3.63, 3.8) is 0 Å². The average Bonchev–Trinajstić information content (AvgIpc) is 2.88. The Kier molecular flexibility index (Phi) is 27.5. The Bertz CT molecular complexity index is 391. The number of rotatable bonds is 29. The first-order chi connectivity index (χ1) is 17.7. The van der Waals surface area contributed by atoms with Crippen LogP contribution in [-0.2, 0) is 28.4 Å². The van der Waals surface area contributed by atoms with Crippen LogP contribution in [0.25, 0.3) is 0 Å². The Morgan fingerprint density at radius 3 is 1.14 bits per heavy atom. The summed E-state index contributed by atoms with van der Waals surface area (Å²) in [6, 6.07) is 0. The van der Waals surface area contributed by atoms with Crippen molar-refractivity contribution < 1.29 is 28.4 Å². The second-order valence-electron chi connectivity index (χ2n) is 9.55. The normalized spacial score (nSPS) is 15.2. The quantitative estimate of drug-likeness (QED) is 0.123. The minimum atomic E-state index is -0.326. The van der Waals surface area contributed by atoms with Crippen molar-refractivity contribution in [2.45, 2.75) is 130 Å². The molecule has 0 saturated heterocycles. The summed E-state index contributed by atoms with van der Waals surface area (Å²) in [6.07, 6.45) is 10.1. The van der Waals surface area contributed by atoms with E-state index in [1.807, 2.05) is 0 Å². The highest BCUT2D eigenvalue weighted by Gasteiger charge is 2.38. The SMILES string of the molecule is CCCCOCC(OCCCC)C(OCCCC)C(OCCCN)C(COCCCC)OCCCC. The predicted octanol–water partition coefficient (Wildman–Crippen LogP) is 5.91. The number of nitrogens with two attached hydrogens (primary N) is 1. The van der Waals surface area contributed by atoms with Gasteiger partial charge in [-0.25, -0.2) is 0 Å². The van der Waals surface area contributed by atoms with Gasteiger partial charge in [0.15, 0.2) is 0 Å². The standard InChI is InChI=1S/C29H61NO6/c1-6-11-18-31-24-26(33-20-13-8-3)28(35-22-15-10-5)29(36-23-16-17-30)27(34-21-14-9-4)25-32-19-12-7-2/h26-29H,6-25,30H2,1-5H3. The van der Waals surface area contributed by atoms with E-state index in [1.54, 1.807) is 0 Å². The van der Waals surface area contributed by atoms with Crippen LogP contribution in [0, 0.1) is 0 Å². The van der Waals surface area contributed by atoms with E-state index in [9.17, 15) is 0 Å². The van der Waals surface area contributed by atoms with Crippen molar-refractivity contribution in [3.05, 3.63) is 0 Å². The van der Waals surface area contributed by atoms with E-state index in [4.69, 9.17) is 34.2 Å². The molecule has 0 rings (SSSR count).